The fraction of sp³-hybridized carbons (Fsp3) is 0.0149. The fourth-order valence-corrected chi connectivity index (χ4v) is 11.6. The third-order valence-electron chi connectivity index (χ3n) is 14.7. The highest BCUT2D eigenvalue weighted by Gasteiger charge is 2.46. The number of para-hydroxylation sites is 3. The van der Waals surface area contributed by atoms with Crippen LogP contribution in [-0.4, -0.2) is 4.57 Å². The molecular formula is C67H44N2O. The minimum Gasteiger partial charge on any atom is -0.456 e. The van der Waals surface area contributed by atoms with E-state index in [1.807, 2.05) is 12.1 Å². The number of anilines is 3. The largest absolute Gasteiger partial charge is 0.456 e. The Morgan fingerprint density at radius 2 is 0.857 bits per heavy atom. The summed E-state index contributed by atoms with van der Waals surface area (Å²) in [5, 5.41) is 4.75. The van der Waals surface area contributed by atoms with Gasteiger partial charge in [0.25, 0.3) is 0 Å². The predicted molar refractivity (Wildman–Crippen MR) is 291 cm³/mol. The van der Waals surface area contributed by atoms with Gasteiger partial charge in [-0.25, -0.2) is 0 Å². The monoisotopic (exact) mass is 892 g/mol. The molecule has 1 aliphatic carbocycles. The third kappa shape index (κ3) is 6.15. The molecule has 0 N–H and O–H groups in total. The lowest BCUT2D eigenvalue weighted by molar-refractivity contribution is 0.669. The molecule has 3 heteroatoms. The molecule has 328 valence electrons. The smallest absolute Gasteiger partial charge is 0.135 e. The van der Waals surface area contributed by atoms with Crippen LogP contribution in [-0.2, 0) is 5.41 Å². The highest BCUT2D eigenvalue weighted by atomic mass is 16.3. The molecule has 0 spiro atoms. The van der Waals surface area contributed by atoms with E-state index in [1.54, 1.807) is 0 Å². The number of benzene rings is 11. The maximum absolute atomic E-state index is 6.17. The van der Waals surface area contributed by atoms with E-state index in [0.29, 0.717) is 0 Å². The summed E-state index contributed by atoms with van der Waals surface area (Å²) >= 11 is 0. The Morgan fingerprint density at radius 1 is 0.314 bits per heavy atom. The first kappa shape index (κ1) is 39.9. The minimum atomic E-state index is -0.484. The van der Waals surface area contributed by atoms with Crippen LogP contribution in [0.3, 0.4) is 0 Å². The first-order valence-corrected chi connectivity index (χ1v) is 24.1. The van der Waals surface area contributed by atoms with Gasteiger partial charge >= 0.3 is 0 Å². The third-order valence-corrected chi connectivity index (χ3v) is 14.7. The van der Waals surface area contributed by atoms with E-state index in [-0.39, 0.29) is 0 Å². The van der Waals surface area contributed by atoms with Gasteiger partial charge in [0.05, 0.1) is 16.4 Å². The van der Waals surface area contributed by atoms with Crippen molar-refractivity contribution in [2.45, 2.75) is 5.41 Å². The summed E-state index contributed by atoms with van der Waals surface area (Å²) in [4.78, 5) is 2.43. The maximum atomic E-state index is 6.17. The summed E-state index contributed by atoms with van der Waals surface area (Å²) in [5.74, 6) is 0. The van der Waals surface area contributed by atoms with E-state index < -0.39 is 5.41 Å². The van der Waals surface area contributed by atoms with E-state index in [0.717, 1.165) is 66.9 Å². The van der Waals surface area contributed by atoms with Gasteiger partial charge < -0.3 is 13.9 Å². The summed E-state index contributed by atoms with van der Waals surface area (Å²) in [5.41, 5.74) is 20.2. The number of fused-ring (bicyclic) bond motifs is 9. The lowest BCUT2D eigenvalue weighted by atomic mass is 9.68. The van der Waals surface area contributed by atoms with Crippen LogP contribution < -0.4 is 4.90 Å². The van der Waals surface area contributed by atoms with Gasteiger partial charge in [0.2, 0.25) is 0 Å². The zero-order valence-electron chi connectivity index (χ0n) is 38.2. The van der Waals surface area contributed by atoms with Crippen molar-refractivity contribution in [1.29, 1.82) is 0 Å². The molecule has 0 aliphatic heterocycles. The van der Waals surface area contributed by atoms with Gasteiger partial charge in [0.1, 0.15) is 11.2 Å². The summed E-state index contributed by atoms with van der Waals surface area (Å²) in [6, 6.07) is 97.4. The van der Waals surface area contributed by atoms with Crippen LogP contribution in [0, 0.1) is 0 Å². The van der Waals surface area contributed by atoms with Gasteiger partial charge in [-0.2, -0.15) is 0 Å². The van der Waals surface area contributed by atoms with Gasteiger partial charge in [0, 0.05) is 44.3 Å². The van der Waals surface area contributed by atoms with Crippen LogP contribution in [0.1, 0.15) is 22.3 Å². The highest BCUT2D eigenvalue weighted by molar-refractivity contribution is 6.09. The molecule has 0 saturated heterocycles. The quantitative estimate of drug-likeness (QED) is 0.152. The van der Waals surface area contributed by atoms with Crippen molar-refractivity contribution < 1.29 is 4.42 Å². The Bertz CT molecular complexity index is 4030. The Hall–Kier alpha value is -9.18. The average molecular weight is 893 g/mol. The number of hydrogen-bond donors (Lipinski definition) is 0. The van der Waals surface area contributed by atoms with Crippen molar-refractivity contribution in [3.05, 3.63) is 289 Å². The molecule has 2 aromatic heterocycles. The van der Waals surface area contributed by atoms with Gasteiger partial charge in [0.15, 0.2) is 0 Å². The normalized spacial score (nSPS) is 12.7. The van der Waals surface area contributed by atoms with Crippen molar-refractivity contribution in [2.24, 2.45) is 0 Å². The van der Waals surface area contributed by atoms with Crippen LogP contribution >= 0.6 is 0 Å². The Labute approximate surface area is 406 Å². The van der Waals surface area contributed by atoms with E-state index in [1.165, 1.54) is 55.2 Å². The lowest BCUT2D eigenvalue weighted by Crippen LogP contribution is -2.28. The van der Waals surface area contributed by atoms with Crippen molar-refractivity contribution in [1.82, 2.24) is 4.57 Å². The zero-order chi connectivity index (χ0) is 46.2. The Kier molecular flexibility index (Phi) is 9.11. The highest BCUT2D eigenvalue weighted by Crippen LogP contribution is 2.57. The summed E-state index contributed by atoms with van der Waals surface area (Å²) in [7, 11) is 0. The second kappa shape index (κ2) is 16.0. The Morgan fingerprint density at radius 3 is 1.60 bits per heavy atom. The molecular weight excluding hydrogens is 849 g/mol. The SMILES string of the molecule is c1ccc(C2(c3ccccc3)c3ccccc3-c3cc(N(c4ccc(-c5cccc(-c6ccc7oc8ccccc8c7c6)c5)cc4)c4cccc(-n5c6ccccc6c6ccccc65)c4)ccc32)cc1. The van der Waals surface area contributed by atoms with Gasteiger partial charge in [-0.1, -0.05) is 188 Å². The number of rotatable bonds is 8. The molecule has 0 atom stereocenters. The van der Waals surface area contributed by atoms with E-state index in [9.17, 15) is 0 Å². The molecule has 11 aromatic carbocycles. The van der Waals surface area contributed by atoms with Gasteiger partial charge in [-0.3, -0.25) is 0 Å². The van der Waals surface area contributed by atoms with E-state index >= 15 is 0 Å². The van der Waals surface area contributed by atoms with Crippen LogP contribution in [0.4, 0.5) is 17.1 Å². The number of nitrogens with zero attached hydrogens (tertiary/aromatic N) is 2. The second-order valence-corrected chi connectivity index (χ2v) is 18.4. The van der Waals surface area contributed by atoms with Crippen molar-refractivity contribution in [3.8, 4) is 39.1 Å². The number of furan rings is 1. The minimum absolute atomic E-state index is 0.484. The van der Waals surface area contributed by atoms with Crippen LogP contribution in [0.25, 0.3) is 82.8 Å². The van der Waals surface area contributed by atoms with Crippen molar-refractivity contribution in [2.75, 3.05) is 4.90 Å². The van der Waals surface area contributed by atoms with Gasteiger partial charge in [-0.05, 0) is 134 Å². The first-order valence-electron chi connectivity index (χ1n) is 24.1. The molecule has 0 amide bonds. The second-order valence-electron chi connectivity index (χ2n) is 18.4. The van der Waals surface area contributed by atoms with Gasteiger partial charge in [-0.15, -0.1) is 0 Å². The van der Waals surface area contributed by atoms with Crippen LogP contribution in [0.2, 0.25) is 0 Å². The average Bonchev–Trinajstić information content (AvgIpc) is 4.08. The molecule has 3 nitrogen and oxygen atoms in total. The predicted octanol–water partition coefficient (Wildman–Crippen LogP) is 17.8. The van der Waals surface area contributed by atoms with Crippen molar-refractivity contribution in [3.63, 3.8) is 0 Å². The molecule has 0 fully saturated rings. The van der Waals surface area contributed by atoms with Crippen LogP contribution in [0.5, 0.6) is 0 Å². The first-order chi connectivity index (χ1) is 34.7. The molecule has 13 aromatic rings. The molecule has 0 radical (unpaired) electrons. The lowest BCUT2D eigenvalue weighted by Gasteiger charge is -2.34. The summed E-state index contributed by atoms with van der Waals surface area (Å²) in [6.45, 7) is 0. The molecule has 0 unspecified atom stereocenters. The number of aromatic nitrogens is 1. The Balaban J connectivity index is 0.926. The molecule has 2 heterocycles. The van der Waals surface area contributed by atoms with Crippen molar-refractivity contribution >= 4 is 60.8 Å². The summed E-state index contributed by atoms with van der Waals surface area (Å²) < 4.78 is 8.57. The molecule has 0 saturated carbocycles. The molecule has 70 heavy (non-hydrogen) atoms. The summed E-state index contributed by atoms with van der Waals surface area (Å²) in [6.07, 6.45) is 0. The van der Waals surface area contributed by atoms with Crippen LogP contribution in [0.15, 0.2) is 271 Å². The fourth-order valence-electron chi connectivity index (χ4n) is 11.6. The van der Waals surface area contributed by atoms with E-state index in [4.69, 9.17) is 4.42 Å². The maximum Gasteiger partial charge on any atom is 0.135 e. The molecule has 0 bridgehead atoms. The topological polar surface area (TPSA) is 21.3 Å². The standard InChI is InChI=1S/C67H44N2O/c1-3-19-49(20-4-1)67(50-21-5-2-6-22-50)61-29-11-7-25-55(61)59-44-54(38-39-62(59)67)68(52-23-16-24-53(43-52)69-63-30-12-8-26-56(63)57-27-9-13-31-64(57)69)51-36-33-45(34-37-51)46-17-15-18-47(41-46)48-35-40-66-60(42-48)58-28-10-14-32-65(58)70-66/h1-44H. The van der Waals surface area contributed by atoms with E-state index in [2.05, 4.69) is 264 Å². The zero-order valence-corrected chi connectivity index (χ0v) is 38.2. The number of hydrogen-bond acceptors (Lipinski definition) is 2. The molecule has 1 aliphatic rings. The molecule has 14 rings (SSSR count).